The predicted octanol–water partition coefficient (Wildman–Crippen LogP) is 5.61. The van der Waals surface area contributed by atoms with Crippen LogP contribution in [0.5, 0.6) is 11.5 Å². The maximum atomic E-state index is 13.0. The van der Waals surface area contributed by atoms with Crippen molar-refractivity contribution in [3.05, 3.63) is 61.0 Å². The average Bonchev–Trinajstić information content (AvgIpc) is 3.14. The zero-order chi connectivity index (χ0) is 26.5. The highest BCUT2D eigenvalue weighted by molar-refractivity contribution is 14.1. The van der Waals surface area contributed by atoms with Crippen LogP contribution in [0.4, 0.5) is 4.79 Å². The summed E-state index contributed by atoms with van der Waals surface area (Å²) in [7, 11) is 0. The second-order valence-electron chi connectivity index (χ2n) is 8.37. The van der Waals surface area contributed by atoms with Gasteiger partial charge in [-0.3, -0.25) is 19.3 Å². The average molecular weight is 655 g/mol. The van der Waals surface area contributed by atoms with E-state index >= 15 is 0 Å². The van der Waals surface area contributed by atoms with Crippen LogP contribution in [0.3, 0.4) is 0 Å². The first-order valence-electron chi connectivity index (χ1n) is 11.7. The van der Waals surface area contributed by atoms with Crippen molar-refractivity contribution in [3.63, 3.8) is 0 Å². The Balaban J connectivity index is 1.53. The molecule has 11 heteroatoms. The van der Waals surface area contributed by atoms with Gasteiger partial charge in [0.1, 0.15) is 6.54 Å². The molecule has 0 aliphatic carbocycles. The Morgan fingerprint density at radius 1 is 1.11 bits per heavy atom. The van der Waals surface area contributed by atoms with Crippen LogP contribution < -0.4 is 9.47 Å². The molecule has 0 radical (unpaired) electrons. The van der Waals surface area contributed by atoms with Gasteiger partial charge in [0.15, 0.2) is 11.5 Å². The van der Waals surface area contributed by atoms with E-state index in [-0.39, 0.29) is 23.1 Å². The number of halogens is 2. The molecule has 2 aliphatic heterocycles. The minimum Gasteiger partial charge on any atom is -0.490 e. The second-order valence-corrected chi connectivity index (χ2v) is 11.0. The maximum Gasteiger partial charge on any atom is 0.343 e. The molecule has 3 amide bonds. The largest absolute Gasteiger partial charge is 0.490 e. The van der Waals surface area contributed by atoms with Crippen LogP contribution in [0.1, 0.15) is 42.1 Å². The molecule has 0 saturated carbocycles. The quantitative estimate of drug-likeness (QED) is 0.166. The number of hydrogen-bond acceptors (Lipinski definition) is 7. The Labute approximate surface area is 237 Å². The van der Waals surface area contributed by atoms with Gasteiger partial charge < -0.3 is 14.4 Å². The van der Waals surface area contributed by atoms with E-state index < -0.39 is 17.1 Å². The molecule has 0 bridgehead atoms. The standard InChI is InChI=1S/C26H24ClIN2O6S/c1-2-35-20-13-16(12-19(28)23(20)36-25(33)17-6-8-18(27)9-7-17)14-21-24(32)30(26(34)37-21)15-22(31)29-10-4-3-5-11-29/h6-9,12-14H,2-5,10-11,15H2,1H3/b21-14-. The number of nitrogens with zero attached hydrogens (tertiary/aromatic N) is 2. The first-order chi connectivity index (χ1) is 17.8. The van der Waals surface area contributed by atoms with E-state index in [1.54, 1.807) is 54.3 Å². The molecule has 0 unspecified atom stereocenters. The number of ether oxygens (including phenoxy) is 2. The number of hydrogen-bond donors (Lipinski definition) is 0. The summed E-state index contributed by atoms with van der Waals surface area (Å²) in [6, 6.07) is 9.70. The Hall–Kier alpha value is -2.57. The lowest BCUT2D eigenvalue weighted by Gasteiger charge is -2.27. The lowest BCUT2D eigenvalue weighted by atomic mass is 10.1. The molecule has 0 aromatic heterocycles. The predicted molar refractivity (Wildman–Crippen MR) is 150 cm³/mol. The second kappa shape index (κ2) is 12.3. The number of benzene rings is 2. The van der Waals surface area contributed by atoms with Gasteiger partial charge in [0.25, 0.3) is 11.1 Å². The molecule has 37 heavy (non-hydrogen) atoms. The highest BCUT2D eigenvalue weighted by atomic mass is 127. The summed E-state index contributed by atoms with van der Waals surface area (Å²) in [6.45, 7) is 3.16. The summed E-state index contributed by atoms with van der Waals surface area (Å²) in [5.41, 5.74) is 0.923. The van der Waals surface area contributed by atoms with Crippen LogP contribution in [0.15, 0.2) is 41.3 Å². The fourth-order valence-corrected chi connectivity index (χ4v) is 5.64. The fraction of sp³-hybridized carbons (Fsp3) is 0.308. The Kier molecular flexibility index (Phi) is 9.14. The SMILES string of the molecule is CCOc1cc(/C=C2\SC(=O)N(CC(=O)N3CCCCC3)C2=O)cc(I)c1OC(=O)c1ccc(Cl)cc1. The molecule has 194 valence electrons. The van der Waals surface area contributed by atoms with Gasteiger partial charge in [-0.1, -0.05) is 11.6 Å². The van der Waals surface area contributed by atoms with E-state index in [1.165, 1.54) is 0 Å². The summed E-state index contributed by atoms with van der Waals surface area (Å²) in [5, 5.41) is 0.0283. The number of amides is 3. The van der Waals surface area contributed by atoms with Crippen LogP contribution in [0.25, 0.3) is 6.08 Å². The van der Waals surface area contributed by atoms with Crippen molar-refractivity contribution in [2.24, 2.45) is 0 Å². The normalized spacial score (nSPS) is 16.9. The summed E-state index contributed by atoms with van der Waals surface area (Å²) < 4.78 is 11.9. The van der Waals surface area contributed by atoms with E-state index in [0.717, 1.165) is 35.9 Å². The van der Waals surface area contributed by atoms with Crippen LogP contribution >= 0.6 is 46.0 Å². The molecule has 2 fully saturated rings. The minimum absolute atomic E-state index is 0.209. The summed E-state index contributed by atoms with van der Waals surface area (Å²) in [6.07, 6.45) is 4.51. The van der Waals surface area contributed by atoms with Gasteiger partial charge in [-0.15, -0.1) is 0 Å². The summed E-state index contributed by atoms with van der Waals surface area (Å²) >= 11 is 8.71. The molecule has 2 heterocycles. The number of likely N-dealkylation sites (tertiary alicyclic amines) is 1. The van der Waals surface area contributed by atoms with E-state index in [0.29, 0.717) is 45.2 Å². The topological polar surface area (TPSA) is 93.2 Å². The van der Waals surface area contributed by atoms with E-state index in [2.05, 4.69) is 0 Å². The van der Waals surface area contributed by atoms with Gasteiger partial charge in [-0.2, -0.15) is 0 Å². The molecular formula is C26H24ClIN2O6S. The van der Waals surface area contributed by atoms with Crippen molar-refractivity contribution in [2.45, 2.75) is 26.2 Å². The first-order valence-corrected chi connectivity index (χ1v) is 14.0. The van der Waals surface area contributed by atoms with E-state index in [1.807, 2.05) is 22.6 Å². The smallest absolute Gasteiger partial charge is 0.343 e. The number of rotatable bonds is 7. The molecule has 0 atom stereocenters. The van der Waals surface area contributed by atoms with Gasteiger partial charge >= 0.3 is 5.97 Å². The van der Waals surface area contributed by atoms with Gasteiger partial charge in [-0.25, -0.2) is 4.79 Å². The molecular weight excluding hydrogens is 631 g/mol. The van der Waals surface area contributed by atoms with E-state index in [9.17, 15) is 19.2 Å². The molecule has 2 saturated heterocycles. The van der Waals surface area contributed by atoms with Gasteiger partial charge in [-0.05, 0) is 109 Å². The lowest BCUT2D eigenvalue weighted by molar-refractivity contribution is -0.136. The molecule has 2 aromatic rings. The highest BCUT2D eigenvalue weighted by Gasteiger charge is 2.37. The Morgan fingerprint density at radius 3 is 2.49 bits per heavy atom. The molecule has 2 aromatic carbocycles. The van der Waals surface area contributed by atoms with Crippen molar-refractivity contribution in [1.82, 2.24) is 9.80 Å². The lowest BCUT2D eigenvalue weighted by Crippen LogP contribution is -2.44. The van der Waals surface area contributed by atoms with Crippen LogP contribution in [-0.2, 0) is 9.59 Å². The van der Waals surface area contributed by atoms with Gasteiger partial charge in [0.05, 0.1) is 20.6 Å². The summed E-state index contributed by atoms with van der Waals surface area (Å²) in [5.74, 6) is -0.722. The third-order valence-electron chi connectivity index (χ3n) is 5.78. The Morgan fingerprint density at radius 2 is 1.81 bits per heavy atom. The monoisotopic (exact) mass is 654 g/mol. The van der Waals surface area contributed by atoms with Crippen molar-refractivity contribution in [3.8, 4) is 11.5 Å². The molecule has 4 rings (SSSR count). The maximum absolute atomic E-state index is 13.0. The first kappa shape index (κ1) is 27.5. The number of esters is 1. The van der Waals surface area contributed by atoms with Crippen molar-refractivity contribution < 1.29 is 28.7 Å². The fourth-order valence-electron chi connectivity index (χ4n) is 3.94. The summed E-state index contributed by atoms with van der Waals surface area (Å²) in [4.78, 5) is 53.7. The van der Waals surface area contributed by atoms with Gasteiger partial charge in [0, 0.05) is 18.1 Å². The molecule has 8 nitrogen and oxygen atoms in total. The highest BCUT2D eigenvalue weighted by Crippen LogP contribution is 2.38. The molecule has 0 spiro atoms. The van der Waals surface area contributed by atoms with E-state index in [4.69, 9.17) is 21.1 Å². The van der Waals surface area contributed by atoms with Crippen LogP contribution in [0, 0.1) is 3.57 Å². The van der Waals surface area contributed by atoms with Gasteiger partial charge in [0.2, 0.25) is 5.91 Å². The minimum atomic E-state index is -0.567. The third-order valence-corrected chi connectivity index (χ3v) is 7.74. The molecule has 0 N–H and O–H groups in total. The number of carbonyl (C=O) groups excluding carboxylic acids is 4. The molecule has 2 aliphatic rings. The zero-order valence-corrected chi connectivity index (χ0v) is 23.7. The van der Waals surface area contributed by atoms with Crippen molar-refractivity contribution in [2.75, 3.05) is 26.2 Å². The number of carbonyl (C=O) groups is 4. The number of piperidine rings is 1. The van der Waals surface area contributed by atoms with Crippen molar-refractivity contribution in [1.29, 1.82) is 0 Å². The van der Waals surface area contributed by atoms with Crippen LogP contribution in [-0.4, -0.2) is 59.1 Å². The number of imide groups is 1. The Bertz CT molecular complexity index is 1260. The third kappa shape index (κ3) is 6.66. The zero-order valence-electron chi connectivity index (χ0n) is 20.0. The van der Waals surface area contributed by atoms with Crippen molar-refractivity contribution >= 4 is 75.1 Å². The number of thioether (sulfide) groups is 1. The van der Waals surface area contributed by atoms with Crippen LogP contribution in [0.2, 0.25) is 5.02 Å².